The predicted molar refractivity (Wildman–Crippen MR) is 169 cm³/mol. The molecule has 2 aromatic rings. The molecular weight excluding hydrogens is 576 g/mol. The molecule has 5 rings (SSSR count). The number of ether oxygens (including phenoxy) is 5. The third-order valence-corrected chi connectivity index (χ3v) is 8.86. The lowest BCUT2D eigenvalue weighted by atomic mass is 9.88. The number of esters is 1. The van der Waals surface area contributed by atoms with Gasteiger partial charge in [-0.1, -0.05) is 0 Å². The number of nitrogens with zero attached hydrogens (tertiary/aromatic N) is 4. The van der Waals surface area contributed by atoms with E-state index >= 15 is 0 Å². The fraction of sp³-hybridized carbons (Fsp3) is 0.647. The normalized spacial score (nSPS) is 19.4. The zero-order valence-electron chi connectivity index (χ0n) is 27.4. The molecule has 11 nitrogen and oxygen atoms in total. The van der Waals surface area contributed by atoms with Gasteiger partial charge in [0.05, 0.1) is 39.5 Å². The van der Waals surface area contributed by atoms with Crippen LogP contribution in [0, 0.1) is 5.92 Å². The van der Waals surface area contributed by atoms with Crippen LogP contribution in [0.5, 0.6) is 17.5 Å². The minimum absolute atomic E-state index is 0.0393. The molecule has 2 aromatic heterocycles. The highest BCUT2D eigenvalue weighted by Crippen LogP contribution is 2.39. The van der Waals surface area contributed by atoms with E-state index in [1.54, 1.807) is 13.3 Å². The number of carbonyl (C=O) groups excluding carboxylic acids is 2. The summed E-state index contributed by atoms with van der Waals surface area (Å²) < 4.78 is 28.3. The van der Waals surface area contributed by atoms with Gasteiger partial charge >= 0.3 is 12.1 Å². The van der Waals surface area contributed by atoms with Crippen LogP contribution >= 0.6 is 0 Å². The van der Waals surface area contributed by atoms with Crippen molar-refractivity contribution in [3.8, 4) is 17.5 Å². The molecule has 1 unspecified atom stereocenters. The minimum Gasteiger partial charge on any atom is -0.492 e. The molecule has 0 bridgehead atoms. The van der Waals surface area contributed by atoms with E-state index in [1.807, 2.05) is 44.9 Å². The Morgan fingerprint density at radius 3 is 2.38 bits per heavy atom. The van der Waals surface area contributed by atoms with Crippen LogP contribution in [0.3, 0.4) is 0 Å². The summed E-state index contributed by atoms with van der Waals surface area (Å²) in [4.78, 5) is 38.0. The summed E-state index contributed by atoms with van der Waals surface area (Å²) in [5.41, 5.74) is 2.84. The molecule has 3 aliphatic rings. The molecule has 1 amide bonds. The van der Waals surface area contributed by atoms with Gasteiger partial charge in [-0.2, -0.15) is 0 Å². The van der Waals surface area contributed by atoms with Gasteiger partial charge in [-0.3, -0.25) is 4.79 Å². The van der Waals surface area contributed by atoms with Gasteiger partial charge in [0.2, 0.25) is 11.8 Å². The van der Waals surface area contributed by atoms with Crippen molar-refractivity contribution in [2.75, 3.05) is 58.0 Å². The molecule has 45 heavy (non-hydrogen) atoms. The molecule has 11 heteroatoms. The van der Waals surface area contributed by atoms with Crippen LogP contribution in [-0.4, -0.2) is 85.6 Å². The SMILES string of the molecule is CCOC(=O)CC1CCOc2cnc(OCC3CCN(c4cc(OC)ncc4C4CCN(C(=O)OC(C)(C)C)CC4)CC3)cc21. The Labute approximate surface area is 266 Å². The average molecular weight is 625 g/mol. The van der Waals surface area contributed by atoms with E-state index in [0.717, 1.165) is 56.5 Å². The summed E-state index contributed by atoms with van der Waals surface area (Å²) >= 11 is 0. The number of pyridine rings is 2. The first kappa shape index (κ1) is 32.6. The standard InChI is InChI=1S/C34H48N4O7/c1-6-42-32(39)17-25-11-16-43-29-21-36-31(18-26(25)29)44-22-23-7-12-37(13-8-23)28-19-30(41-5)35-20-27(28)24-9-14-38(15-10-24)33(40)45-34(2,3)4/h18-21,23-25H,6-17,22H2,1-5H3. The van der Waals surface area contributed by atoms with Crippen molar-refractivity contribution in [2.45, 2.75) is 83.7 Å². The number of rotatable bonds is 9. The topological polar surface area (TPSA) is 113 Å². The van der Waals surface area contributed by atoms with Crippen LogP contribution < -0.4 is 19.1 Å². The summed E-state index contributed by atoms with van der Waals surface area (Å²) in [6.07, 6.45) is 8.22. The highest BCUT2D eigenvalue weighted by molar-refractivity contribution is 5.71. The predicted octanol–water partition coefficient (Wildman–Crippen LogP) is 5.71. The number of carbonyl (C=O) groups is 2. The van der Waals surface area contributed by atoms with E-state index in [4.69, 9.17) is 23.7 Å². The van der Waals surface area contributed by atoms with Gasteiger partial charge in [0.1, 0.15) is 11.4 Å². The Hall–Kier alpha value is -3.76. The van der Waals surface area contributed by atoms with Gasteiger partial charge in [-0.15, -0.1) is 0 Å². The Morgan fingerprint density at radius 1 is 0.956 bits per heavy atom. The van der Waals surface area contributed by atoms with Crippen LogP contribution in [0.4, 0.5) is 10.5 Å². The number of aromatic nitrogens is 2. The third kappa shape index (κ3) is 8.49. The number of likely N-dealkylation sites (tertiary alicyclic amines) is 1. The third-order valence-electron chi connectivity index (χ3n) is 8.86. The molecule has 3 aliphatic heterocycles. The van der Waals surface area contributed by atoms with Crippen molar-refractivity contribution in [3.05, 3.63) is 35.7 Å². The first-order chi connectivity index (χ1) is 21.6. The average Bonchev–Trinajstić information content (AvgIpc) is 3.03. The van der Waals surface area contributed by atoms with E-state index < -0.39 is 5.60 Å². The van der Waals surface area contributed by atoms with Gasteiger partial charge in [-0.25, -0.2) is 14.8 Å². The summed E-state index contributed by atoms with van der Waals surface area (Å²) in [6, 6.07) is 3.98. The van der Waals surface area contributed by atoms with Crippen LogP contribution in [0.15, 0.2) is 24.5 Å². The second-order valence-corrected chi connectivity index (χ2v) is 13.2. The van der Waals surface area contributed by atoms with Crippen LogP contribution in [-0.2, 0) is 14.3 Å². The second-order valence-electron chi connectivity index (χ2n) is 13.2. The molecule has 0 aliphatic carbocycles. The maximum Gasteiger partial charge on any atom is 0.410 e. The lowest BCUT2D eigenvalue weighted by molar-refractivity contribution is -0.143. The van der Waals surface area contributed by atoms with Crippen molar-refractivity contribution >= 4 is 17.7 Å². The van der Waals surface area contributed by atoms with Crippen LogP contribution in [0.2, 0.25) is 0 Å². The van der Waals surface area contributed by atoms with E-state index in [0.29, 0.717) is 62.9 Å². The number of amides is 1. The lowest BCUT2D eigenvalue weighted by Crippen LogP contribution is -2.41. The number of methoxy groups -OCH3 is 1. The summed E-state index contributed by atoms with van der Waals surface area (Å²) in [6.45, 7) is 12.2. The number of anilines is 1. The van der Waals surface area contributed by atoms with Crippen LogP contribution in [0.25, 0.3) is 0 Å². The van der Waals surface area contributed by atoms with E-state index in [-0.39, 0.29) is 18.0 Å². The summed E-state index contributed by atoms with van der Waals surface area (Å²) in [7, 11) is 1.65. The fourth-order valence-electron chi connectivity index (χ4n) is 6.44. The molecule has 0 saturated carbocycles. The maximum atomic E-state index is 12.6. The van der Waals surface area contributed by atoms with Gasteiger partial charge in [0.25, 0.3) is 0 Å². The first-order valence-corrected chi connectivity index (χ1v) is 16.3. The zero-order valence-corrected chi connectivity index (χ0v) is 27.4. The van der Waals surface area contributed by atoms with E-state index in [1.165, 1.54) is 11.3 Å². The molecule has 2 saturated heterocycles. The molecule has 246 valence electrons. The van der Waals surface area contributed by atoms with Crippen molar-refractivity contribution in [1.82, 2.24) is 14.9 Å². The molecule has 1 atom stereocenters. The first-order valence-electron chi connectivity index (χ1n) is 16.3. The van der Waals surface area contributed by atoms with Crippen molar-refractivity contribution in [2.24, 2.45) is 5.92 Å². The summed E-state index contributed by atoms with van der Waals surface area (Å²) in [5, 5.41) is 0. The van der Waals surface area contributed by atoms with Crippen molar-refractivity contribution < 1.29 is 33.3 Å². The smallest absolute Gasteiger partial charge is 0.410 e. The van der Waals surface area contributed by atoms with Gasteiger partial charge in [-0.05, 0) is 77.2 Å². The van der Waals surface area contributed by atoms with Gasteiger partial charge in [0, 0.05) is 61.7 Å². The molecule has 0 radical (unpaired) electrons. The molecule has 0 N–H and O–H groups in total. The molecule has 0 spiro atoms. The highest BCUT2D eigenvalue weighted by atomic mass is 16.6. The van der Waals surface area contributed by atoms with E-state index in [2.05, 4.69) is 20.9 Å². The quantitative estimate of drug-likeness (QED) is 0.321. The second kappa shape index (κ2) is 14.6. The number of fused-ring (bicyclic) bond motifs is 1. The molecular formula is C34H48N4O7. The van der Waals surface area contributed by atoms with Gasteiger partial charge < -0.3 is 33.5 Å². The highest BCUT2D eigenvalue weighted by Gasteiger charge is 2.31. The fourth-order valence-corrected chi connectivity index (χ4v) is 6.44. The Kier molecular flexibility index (Phi) is 10.6. The van der Waals surface area contributed by atoms with Crippen LogP contribution in [0.1, 0.15) is 89.2 Å². The molecule has 0 aromatic carbocycles. The van der Waals surface area contributed by atoms with Gasteiger partial charge in [0.15, 0.2) is 0 Å². The van der Waals surface area contributed by atoms with E-state index in [9.17, 15) is 9.59 Å². The number of piperidine rings is 2. The maximum absolute atomic E-state index is 12.6. The molecule has 5 heterocycles. The number of hydrogen-bond acceptors (Lipinski definition) is 10. The van der Waals surface area contributed by atoms with Crippen molar-refractivity contribution in [3.63, 3.8) is 0 Å². The Bertz CT molecular complexity index is 1310. The van der Waals surface area contributed by atoms with Crippen molar-refractivity contribution in [1.29, 1.82) is 0 Å². The Morgan fingerprint density at radius 2 is 1.69 bits per heavy atom. The number of hydrogen-bond donors (Lipinski definition) is 0. The monoisotopic (exact) mass is 624 g/mol. The Balaban J connectivity index is 1.17. The largest absolute Gasteiger partial charge is 0.492 e. The molecule has 2 fully saturated rings. The zero-order chi connectivity index (χ0) is 32.0. The summed E-state index contributed by atoms with van der Waals surface area (Å²) in [5.74, 6) is 2.44. The minimum atomic E-state index is -0.501. The lowest BCUT2D eigenvalue weighted by Gasteiger charge is -2.38.